The molecule has 0 aromatic heterocycles. The van der Waals surface area contributed by atoms with Gasteiger partial charge in [0.05, 0.1) is 0 Å². The summed E-state index contributed by atoms with van der Waals surface area (Å²) in [5.74, 6) is 1.52. The molecule has 0 aromatic rings. The Morgan fingerprint density at radius 1 is 1.21 bits per heavy atom. The Morgan fingerprint density at radius 3 is 2.36 bits per heavy atom. The molecule has 0 amide bonds. The molecule has 4 atom stereocenters. The van der Waals surface area contributed by atoms with Gasteiger partial charge in [-0.2, -0.15) is 0 Å². The summed E-state index contributed by atoms with van der Waals surface area (Å²) >= 11 is 0. The van der Waals surface area contributed by atoms with E-state index in [1.54, 1.807) is 0 Å². The van der Waals surface area contributed by atoms with Crippen molar-refractivity contribution in [2.45, 2.75) is 59.2 Å². The molecule has 1 aliphatic heterocycles. The first-order chi connectivity index (χ1) is 6.52. The van der Waals surface area contributed by atoms with E-state index in [1.165, 1.54) is 13.0 Å². The van der Waals surface area contributed by atoms with Crippen LogP contribution >= 0.6 is 0 Å². The molecular formula is C12H26N2. The van der Waals surface area contributed by atoms with E-state index in [9.17, 15) is 0 Å². The second kappa shape index (κ2) is 5.13. The standard InChI is InChI=1S/C12H26N2/c1-8(2)10(4)14-12-9(3)6-7-13-11(12)5/h8-14H,6-7H2,1-5H3. The molecule has 84 valence electrons. The van der Waals surface area contributed by atoms with Gasteiger partial charge in [0.1, 0.15) is 0 Å². The second-order valence-corrected chi connectivity index (χ2v) is 5.23. The summed E-state index contributed by atoms with van der Waals surface area (Å²) in [4.78, 5) is 0. The van der Waals surface area contributed by atoms with Crippen LogP contribution in [0.3, 0.4) is 0 Å². The number of hydrogen-bond donors (Lipinski definition) is 2. The summed E-state index contributed by atoms with van der Waals surface area (Å²) in [5.41, 5.74) is 0. The van der Waals surface area contributed by atoms with Crippen LogP contribution in [0.1, 0.15) is 41.0 Å². The van der Waals surface area contributed by atoms with Gasteiger partial charge >= 0.3 is 0 Å². The first-order valence-corrected chi connectivity index (χ1v) is 6.01. The van der Waals surface area contributed by atoms with Crippen molar-refractivity contribution < 1.29 is 0 Å². The molecule has 1 heterocycles. The van der Waals surface area contributed by atoms with Crippen molar-refractivity contribution in [1.82, 2.24) is 10.6 Å². The van der Waals surface area contributed by atoms with Crippen LogP contribution in [0.15, 0.2) is 0 Å². The van der Waals surface area contributed by atoms with Gasteiger partial charge in [-0.3, -0.25) is 0 Å². The average Bonchev–Trinajstić information content (AvgIpc) is 2.11. The third kappa shape index (κ3) is 2.96. The normalized spacial score (nSPS) is 36.0. The molecule has 2 nitrogen and oxygen atoms in total. The number of hydrogen-bond acceptors (Lipinski definition) is 2. The predicted molar refractivity (Wildman–Crippen MR) is 62.5 cm³/mol. The van der Waals surface area contributed by atoms with Crippen molar-refractivity contribution in [1.29, 1.82) is 0 Å². The summed E-state index contributed by atoms with van der Waals surface area (Å²) in [7, 11) is 0. The molecule has 0 radical (unpaired) electrons. The van der Waals surface area contributed by atoms with Crippen LogP contribution in [-0.4, -0.2) is 24.7 Å². The van der Waals surface area contributed by atoms with E-state index in [1.807, 2.05) is 0 Å². The van der Waals surface area contributed by atoms with Crippen molar-refractivity contribution in [2.24, 2.45) is 11.8 Å². The zero-order valence-corrected chi connectivity index (χ0v) is 10.3. The predicted octanol–water partition coefficient (Wildman–Crippen LogP) is 2.01. The topological polar surface area (TPSA) is 24.1 Å². The lowest BCUT2D eigenvalue weighted by Gasteiger charge is -2.38. The van der Waals surface area contributed by atoms with E-state index >= 15 is 0 Å². The maximum Gasteiger partial charge on any atom is 0.0247 e. The highest BCUT2D eigenvalue weighted by Gasteiger charge is 2.28. The molecule has 0 aromatic carbocycles. The van der Waals surface area contributed by atoms with E-state index in [4.69, 9.17) is 0 Å². The number of rotatable bonds is 3. The monoisotopic (exact) mass is 198 g/mol. The minimum absolute atomic E-state index is 0.611. The van der Waals surface area contributed by atoms with Crippen LogP contribution in [0.4, 0.5) is 0 Å². The highest BCUT2D eigenvalue weighted by molar-refractivity contribution is 4.89. The van der Waals surface area contributed by atoms with Gasteiger partial charge in [-0.25, -0.2) is 0 Å². The summed E-state index contributed by atoms with van der Waals surface area (Å²) in [6.07, 6.45) is 1.30. The largest absolute Gasteiger partial charge is 0.313 e. The Bertz CT molecular complexity index is 158. The Morgan fingerprint density at radius 2 is 1.86 bits per heavy atom. The zero-order chi connectivity index (χ0) is 10.7. The lowest BCUT2D eigenvalue weighted by Crippen LogP contribution is -2.57. The Hall–Kier alpha value is -0.0800. The highest BCUT2D eigenvalue weighted by Crippen LogP contribution is 2.17. The van der Waals surface area contributed by atoms with Crippen LogP contribution in [-0.2, 0) is 0 Å². The molecular weight excluding hydrogens is 172 g/mol. The molecule has 4 unspecified atom stereocenters. The molecule has 2 N–H and O–H groups in total. The molecule has 0 spiro atoms. The fourth-order valence-electron chi connectivity index (χ4n) is 2.14. The molecule has 1 aliphatic rings. The van der Waals surface area contributed by atoms with E-state index in [-0.39, 0.29) is 0 Å². The smallest absolute Gasteiger partial charge is 0.0247 e. The fourth-order valence-corrected chi connectivity index (χ4v) is 2.14. The third-order valence-electron chi connectivity index (χ3n) is 3.67. The molecule has 0 bridgehead atoms. The molecule has 1 rings (SSSR count). The Kier molecular flexibility index (Phi) is 4.39. The molecule has 0 saturated carbocycles. The van der Waals surface area contributed by atoms with Gasteiger partial charge in [-0.1, -0.05) is 20.8 Å². The number of nitrogens with one attached hydrogen (secondary N) is 2. The summed E-state index contributed by atoms with van der Waals surface area (Å²) in [6.45, 7) is 12.7. The van der Waals surface area contributed by atoms with Crippen LogP contribution in [0, 0.1) is 11.8 Å². The molecule has 2 heteroatoms. The molecule has 1 fully saturated rings. The first-order valence-electron chi connectivity index (χ1n) is 6.01. The summed E-state index contributed by atoms with van der Waals surface area (Å²) < 4.78 is 0. The first kappa shape index (κ1) is 12.0. The van der Waals surface area contributed by atoms with Crippen molar-refractivity contribution in [2.75, 3.05) is 6.54 Å². The van der Waals surface area contributed by atoms with E-state index < -0.39 is 0 Å². The SMILES string of the molecule is CC(C)C(C)NC1C(C)CCNC1C. The van der Waals surface area contributed by atoms with Crippen LogP contribution in [0.5, 0.6) is 0 Å². The molecule has 1 saturated heterocycles. The third-order valence-corrected chi connectivity index (χ3v) is 3.67. The van der Waals surface area contributed by atoms with Crippen molar-refractivity contribution in [3.63, 3.8) is 0 Å². The average molecular weight is 198 g/mol. The van der Waals surface area contributed by atoms with Crippen LogP contribution < -0.4 is 10.6 Å². The van der Waals surface area contributed by atoms with E-state index in [0.717, 1.165) is 11.8 Å². The van der Waals surface area contributed by atoms with Gasteiger partial charge in [0.2, 0.25) is 0 Å². The lowest BCUT2D eigenvalue weighted by atomic mass is 9.88. The van der Waals surface area contributed by atoms with Gasteiger partial charge in [0.15, 0.2) is 0 Å². The Balaban J connectivity index is 2.47. The fraction of sp³-hybridized carbons (Fsp3) is 1.00. The maximum absolute atomic E-state index is 3.76. The number of piperidine rings is 1. The van der Waals surface area contributed by atoms with Crippen molar-refractivity contribution in [3.05, 3.63) is 0 Å². The van der Waals surface area contributed by atoms with Crippen molar-refractivity contribution >= 4 is 0 Å². The van der Waals surface area contributed by atoms with Gasteiger partial charge < -0.3 is 10.6 Å². The molecule has 14 heavy (non-hydrogen) atoms. The van der Waals surface area contributed by atoms with Gasteiger partial charge in [0.25, 0.3) is 0 Å². The van der Waals surface area contributed by atoms with E-state index in [0.29, 0.717) is 18.1 Å². The Labute approximate surface area is 88.8 Å². The van der Waals surface area contributed by atoms with Gasteiger partial charge in [-0.05, 0) is 38.6 Å². The zero-order valence-electron chi connectivity index (χ0n) is 10.3. The quantitative estimate of drug-likeness (QED) is 0.725. The second-order valence-electron chi connectivity index (χ2n) is 5.23. The van der Waals surface area contributed by atoms with E-state index in [2.05, 4.69) is 45.3 Å². The molecule has 0 aliphatic carbocycles. The maximum atomic E-state index is 3.76. The van der Waals surface area contributed by atoms with Crippen LogP contribution in [0.25, 0.3) is 0 Å². The highest BCUT2D eigenvalue weighted by atomic mass is 15.1. The van der Waals surface area contributed by atoms with Gasteiger partial charge in [-0.15, -0.1) is 0 Å². The minimum atomic E-state index is 0.611. The summed E-state index contributed by atoms with van der Waals surface area (Å²) in [5, 5.41) is 7.30. The van der Waals surface area contributed by atoms with Crippen LogP contribution in [0.2, 0.25) is 0 Å². The minimum Gasteiger partial charge on any atom is -0.313 e. The van der Waals surface area contributed by atoms with Crippen molar-refractivity contribution in [3.8, 4) is 0 Å². The summed E-state index contributed by atoms with van der Waals surface area (Å²) in [6, 6.07) is 1.87. The van der Waals surface area contributed by atoms with Gasteiger partial charge in [0, 0.05) is 18.1 Å². The lowest BCUT2D eigenvalue weighted by molar-refractivity contribution is 0.212.